The van der Waals surface area contributed by atoms with Crippen LogP contribution in [-0.2, 0) is 0 Å². The summed E-state index contributed by atoms with van der Waals surface area (Å²) < 4.78 is 0.983. The van der Waals surface area contributed by atoms with E-state index in [1.165, 1.54) is 0 Å². The van der Waals surface area contributed by atoms with Gasteiger partial charge in [-0.2, -0.15) is 0 Å². The van der Waals surface area contributed by atoms with Crippen molar-refractivity contribution >= 4 is 44.3 Å². The molecular formula is C22H16BrN3O. The molecule has 0 saturated carbocycles. The number of ketones is 1. The Hall–Kier alpha value is -3.05. The highest BCUT2D eigenvalue weighted by molar-refractivity contribution is 9.10. The monoisotopic (exact) mass is 417 g/mol. The number of benzene rings is 3. The van der Waals surface area contributed by atoms with Gasteiger partial charge in [-0.3, -0.25) is 4.79 Å². The number of aromatic nitrogens is 2. The average molecular weight is 418 g/mol. The summed E-state index contributed by atoms with van der Waals surface area (Å²) in [6, 6.07) is 23.3. The number of fused-ring (bicyclic) bond motifs is 1. The van der Waals surface area contributed by atoms with E-state index in [-0.39, 0.29) is 5.78 Å². The van der Waals surface area contributed by atoms with Crippen LogP contribution in [0.15, 0.2) is 77.3 Å². The number of halogens is 1. The molecule has 0 aliphatic carbocycles. The lowest BCUT2D eigenvalue weighted by Crippen LogP contribution is -2.00. The van der Waals surface area contributed by atoms with E-state index in [1.54, 1.807) is 19.1 Å². The van der Waals surface area contributed by atoms with E-state index in [2.05, 4.69) is 26.2 Å². The third-order valence-corrected chi connectivity index (χ3v) is 4.75. The first kappa shape index (κ1) is 17.4. The maximum Gasteiger partial charge on any atom is 0.228 e. The zero-order valence-corrected chi connectivity index (χ0v) is 16.2. The fraction of sp³-hybridized carbons (Fsp3) is 0.0455. The largest absolute Gasteiger partial charge is 0.324 e. The molecule has 1 N–H and O–H groups in total. The number of Topliss-reactive ketones (excluding diaryl/α,β-unsaturated/α-hetero) is 1. The predicted octanol–water partition coefficient (Wildman–Crippen LogP) is 6.01. The van der Waals surface area contributed by atoms with Gasteiger partial charge in [0.25, 0.3) is 0 Å². The summed E-state index contributed by atoms with van der Waals surface area (Å²) in [5, 5.41) is 4.22. The van der Waals surface area contributed by atoms with Crippen molar-refractivity contribution in [3.63, 3.8) is 0 Å². The SMILES string of the molecule is CC(=O)c1ccc(Nc2nc(-c3ccccc3)c3cc(Br)ccc3n2)cc1. The Morgan fingerprint density at radius 2 is 1.67 bits per heavy atom. The minimum absolute atomic E-state index is 0.0421. The first-order valence-electron chi connectivity index (χ1n) is 8.51. The normalized spacial score (nSPS) is 10.7. The van der Waals surface area contributed by atoms with E-state index in [0.29, 0.717) is 11.5 Å². The number of rotatable bonds is 4. The van der Waals surface area contributed by atoms with E-state index in [4.69, 9.17) is 4.98 Å². The fourth-order valence-electron chi connectivity index (χ4n) is 2.89. The van der Waals surface area contributed by atoms with Crippen LogP contribution in [0, 0.1) is 0 Å². The van der Waals surface area contributed by atoms with Crippen LogP contribution in [0.25, 0.3) is 22.2 Å². The van der Waals surface area contributed by atoms with Crippen LogP contribution in [0.2, 0.25) is 0 Å². The molecule has 1 aromatic heterocycles. The van der Waals surface area contributed by atoms with Gasteiger partial charge in [-0.15, -0.1) is 0 Å². The zero-order chi connectivity index (χ0) is 18.8. The topological polar surface area (TPSA) is 54.9 Å². The molecule has 0 atom stereocenters. The smallest absolute Gasteiger partial charge is 0.228 e. The van der Waals surface area contributed by atoms with Crippen LogP contribution >= 0.6 is 15.9 Å². The van der Waals surface area contributed by atoms with Crippen molar-refractivity contribution in [1.82, 2.24) is 9.97 Å². The molecule has 0 unspecified atom stereocenters. The Kier molecular flexibility index (Phi) is 4.69. The average Bonchev–Trinajstić information content (AvgIpc) is 2.69. The molecule has 0 radical (unpaired) electrons. The standard InChI is InChI=1S/C22H16BrN3O/c1-14(27)15-7-10-18(11-8-15)24-22-25-20-12-9-17(23)13-19(20)21(26-22)16-5-3-2-4-6-16/h2-13H,1H3,(H,24,25,26). The summed E-state index contributed by atoms with van der Waals surface area (Å²) in [5.74, 6) is 0.555. The highest BCUT2D eigenvalue weighted by atomic mass is 79.9. The summed E-state index contributed by atoms with van der Waals surface area (Å²) >= 11 is 3.53. The second-order valence-electron chi connectivity index (χ2n) is 6.18. The Balaban J connectivity index is 1.79. The number of hydrogen-bond acceptors (Lipinski definition) is 4. The third-order valence-electron chi connectivity index (χ3n) is 4.25. The Morgan fingerprint density at radius 1 is 0.926 bits per heavy atom. The molecule has 0 fully saturated rings. The van der Waals surface area contributed by atoms with E-state index >= 15 is 0 Å². The molecule has 1 heterocycles. The van der Waals surface area contributed by atoms with Gasteiger partial charge >= 0.3 is 0 Å². The van der Waals surface area contributed by atoms with Crippen molar-refractivity contribution in [2.45, 2.75) is 6.92 Å². The number of nitrogens with zero attached hydrogens (tertiary/aromatic N) is 2. The summed E-state index contributed by atoms with van der Waals surface area (Å²) in [6.45, 7) is 1.55. The molecule has 5 heteroatoms. The van der Waals surface area contributed by atoms with E-state index in [1.807, 2.05) is 60.7 Å². The van der Waals surface area contributed by atoms with Gasteiger partial charge in [0, 0.05) is 26.7 Å². The second-order valence-corrected chi connectivity index (χ2v) is 7.10. The van der Waals surface area contributed by atoms with Crippen molar-refractivity contribution < 1.29 is 4.79 Å². The number of carbonyl (C=O) groups excluding carboxylic acids is 1. The summed E-state index contributed by atoms with van der Waals surface area (Å²) in [6.07, 6.45) is 0. The van der Waals surface area contributed by atoms with Gasteiger partial charge < -0.3 is 5.32 Å². The molecule has 0 amide bonds. The molecule has 4 rings (SSSR count). The molecule has 132 valence electrons. The van der Waals surface area contributed by atoms with Crippen LogP contribution in [0.4, 0.5) is 11.6 Å². The number of carbonyl (C=O) groups is 1. The van der Waals surface area contributed by atoms with E-state index in [9.17, 15) is 4.79 Å². The number of hydrogen-bond donors (Lipinski definition) is 1. The molecule has 4 aromatic rings. The lowest BCUT2D eigenvalue weighted by molar-refractivity contribution is 0.101. The molecule has 4 nitrogen and oxygen atoms in total. The van der Waals surface area contributed by atoms with Gasteiger partial charge in [0.2, 0.25) is 5.95 Å². The maximum absolute atomic E-state index is 11.4. The van der Waals surface area contributed by atoms with Crippen molar-refractivity contribution in [2.75, 3.05) is 5.32 Å². The molecule has 3 aromatic carbocycles. The van der Waals surface area contributed by atoms with E-state index < -0.39 is 0 Å². The molecule has 0 aliphatic rings. The maximum atomic E-state index is 11.4. The van der Waals surface area contributed by atoms with Crippen LogP contribution in [-0.4, -0.2) is 15.8 Å². The van der Waals surface area contributed by atoms with Gasteiger partial charge in [0.05, 0.1) is 11.2 Å². The third kappa shape index (κ3) is 3.73. The van der Waals surface area contributed by atoms with Crippen LogP contribution in [0.1, 0.15) is 17.3 Å². The number of anilines is 2. The first-order chi connectivity index (χ1) is 13.1. The van der Waals surface area contributed by atoms with Gasteiger partial charge in [-0.25, -0.2) is 9.97 Å². The highest BCUT2D eigenvalue weighted by Crippen LogP contribution is 2.30. The number of nitrogens with one attached hydrogen (secondary N) is 1. The summed E-state index contributed by atoms with van der Waals surface area (Å²) in [5.41, 5.74) is 4.25. The van der Waals surface area contributed by atoms with Crippen molar-refractivity contribution in [2.24, 2.45) is 0 Å². The molecule has 27 heavy (non-hydrogen) atoms. The highest BCUT2D eigenvalue weighted by Gasteiger charge is 2.11. The van der Waals surface area contributed by atoms with E-state index in [0.717, 1.165) is 32.3 Å². The minimum Gasteiger partial charge on any atom is -0.324 e. The van der Waals surface area contributed by atoms with Gasteiger partial charge in [0.1, 0.15) is 0 Å². The van der Waals surface area contributed by atoms with Crippen LogP contribution in [0.3, 0.4) is 0 Å². The molecular weight excluding hydrogens is 402 g/mol. The van der Waals surface area contributed by atoms with Gasteiger partial charge in [0.15, 0.2) is 5.78 Å². The predicted molar refractivity (Wildman–Crippen MR) is 112 cm³/mol. The molecule has 0 spiro atoms. The quantitative estimate of drug-likeness (QED) is 0.413. The summed E-state index contributed by atoms with van der Waals surface area (Å²) in [7, 11) is 0. The lowest BCUT2D eigenvalue weighted by atomic mass is 10.1. The summed E-state index contributed by atoms with van der Waals surface area (Å²) in [4.78, 5) is 20.8. The first-order valence-corrected chi connectivity index (χ1v) is 9.30. The Morgan fingerprint density at radius 3 is 2.37 bits per heavy atom. The van der Waals surface area contributed by atoms with Crippen molar-refractivity contribution in [3.8, 4) is 11.3 Å². The van der Waals surface area contributed by atoms with Gasteiger partial charge in [-0.1, -0.05) is 46.3 Å². The van der Waals surface area contributed by atoms with Crippen molar-refractivity contribution in [1.29, 1.82) is 0 Å². The second kappa shape index (κ2) is 7.29. The fourth-order valence-corrected chi connectivity index (χ4v) is 3.25. The molecule has 0 saturated heterocycles. The van der Waals surface area contributed by atoms with Crippen LogP contribution in [0.5, 0.6) is 0 Å². The Labute approximate surface area is 165 Å². The molecule has 0 aliphatic heterocycles. The van der Waals surface area contributed by atoms with Gasteiger partial charge in [-0.05, 0) is 49.4 Å². The lowest BCUT2D eigenvalue weighted by Gasteiger charge is -2.11. The Bertz CT molecular complexity index is 1130. The van der Waals surface area contributed by atoms with Crippen LogP contribution < -0.4 is 5.32 Å². The molecule has 0 bridgehead atoms. The zero-order valence-electron chi connectivity index (χ0n) is 14.6. The van der Waals surface area contributed by atoms with Crippen molar-refractivity contribution in [3.05, 3.63) is 82.8 Å². The minimum atomic E-state index is 0.0421.